The molecule has 0 radical (unpaired) electrons. The number of aromatic nitrogens is 2. The Hall–Kier alpha value is -3.45. The van der Waals surface area contributed by atoms with Crippen LogP contribution in [0.5, 0.6) is 0 Å². The molecule has 0 spiro atoms. The molecule has 0 saturated heterocycles. The quantitative estimate of drug-likeness (QED) is 0.464. The summed E-state index contributed by atoms with van der Waals surface area (Å²) in [5.41, 5.74) is 3.44. The Balaban J connectivity index is 1.36. The van der Waals surface area contributed by atoms with E-state index in [-0.39, 0.29) is 24.8 Å². The highest BCUT2D eigenvalue weighted by atomic mass is 32.1. The number of H-pyrrole nitrogens is 1. The Labute approximate surface area is 165 Å². The average Bonchev–Trinajstić information content (AvgIpc) is 3.38. The lowest BCUT2D eigenvalue weighted by Crippen LogP contribution is -2.27. The summed E-state index contributed by atoms with van der Waals surface area (Å²) < 4.78 is 0. The zero-order valence-electron chi connectivity index (χ0n) is 14.9. The number of imidazole rings is 1. The van der Waals surface area contributed by atoms with Gasteiger partial charge in [-0.1, -0.05) is 30.3 Å². The van der Waals surface area contributed by atoms with Crippen LogP contribution in [0.15, 0.2) is 66.0 Å². The first-order valence-corrected chi connectivity index (χ1v) is 9.74. The van der Waals surface area contributed by atoms with Gasteiger partial charge in [0.2, 0.25) is 5.91 Å². The minimum absolute atomic E-state index is 0.158. The largest absolute Gasteiger partial charge is 0.351 e. The Morgan fingerprint density at radius 2 is 1.93 bits per heavy atom. The molecule has 0 saturated carbocycles. The van der Waals surface area contributed by atoms with Crippen molar-refractivity contribution in [3.05, 3.63) is 70.9 Å². The molecule has 0 unspecified atom stereocenters. The fraction of sp³-hybridized carbons (Fsp3) is 0.0952. The van der Waals surface area contributed by atoms with Crippen LogP contribution < -0.4 is 10.6 Å². The summed E-state index contributed by atoms with van der Waals surface area (Å²) in [6.07, 6.45) is 0.200. The van der Waals surface area contributed by atoms with E-state index in [0.29, 0.717) is 10.6 Å². The minimum Gasteiger partial charge on any atom is -0.351 e. The second-order valence-corrected chi connectivity index (χ2v) is 7.16. The van der Waals surface area contributed by atoms with Crippen molar-refractivity contribution in [2.24, 2.45) is 0 Å². The number of amides is 2. The SMILES string of the molecule is O=C(CCNC(=O)c1cccs1)Nc1cccc(-c2nc3ccccc3[nH]2)c1. The molecule has 140 valence electrons. The molecule has 0 aliphatic rings. The fourth-order valence-corrected chi connectivity index (χ4v) is 3.48. The highest BCUT2D eigenvalue weighted by molar-refractivity contribution is 7.12. The molecule has 0 atom stereocenters. The number of para-hydroxylation sites is 2. The van der Waals surface area contributed by atoms with Gasteiger partial charge < -0.3 is 15.6 Å². The van der Waals surface area contributed by atoms with Crippen molar-refractivity contribution < 1.29 is 9.59 Å². The number of anilines is 1. The van der Waals surface area contributed by atoms with Gasteiger partial charge in [0.25, 0.3) is 5.91 Å². The van der Waals surface area contributed by atoms with Crippen molar-refractivity contribution in [1.29, 1.82) is 0 Å². The third-order valence-electron chi connectivity index (χ3n) is 4.19. The van der Waals surface area contributed by atoms with Gasteiger partial charge in [0.05, 0.1) is 15.9 Å². The van der Waals surface area contributed by atoms with Gasteiger partial charge in [-0.3, -0.25) is 9.59 Å². The van der Waals surface area contributed by atoms with Gasteiger partial charge in [-0.05, 0) is 35.7 Å². The number of benzene rings is 2. The molecule has 4 aromatic rings. The molecule has 6 nitrogen and oxygen atoms in total. The first-order valence-electron chi connectivity index (χ1n) is 8.86. The Kier molecular flexibility index (Phi) is 5.16. The normalized spacial score (nSPS) is 10.7. The Morgan fingerprint density at radius 3 is 2.75 bits per heavy atom. The molecule has 0 aliphatic heterocycles. The molecule has 2 heterocycles. The number of carbonyl (C=O) groups is 2. The maximum atomic E-state index is 12.2. The average molecular weight is 390 g/mol. The minimum atomic E-state index is -0.159. The van der Waals surface area contributed by atoms with Gasteiger partial charge in [0.1, 0.15) is 5.82 Å². The van der Waals surface area contributed by atoms with Crippen LogP contribution in [0.25, 0.3) is 22.4 Å². The third kappa shape index (κ3) is 4.10. The number of nitrogens with one attached hydrogen (secondary N) is 3. The number of fused-ring (bicyclic) bond motifs is 1. The molecule has 2 aromatic heterocycles. The summed E-state index contributed by atoms with van der Waals surface area (Å²) in [6.45, 7) is 0.284. The number of hydrogen-bond donors (Lipinski definition) is 3. The summed E-state index contributed by atoms with van der Waals surface area (Å²) in [5.74, 6) is 0.434. The monoisotopic (exact) mass is 390 g/mol. The predicted octanol–water partition coefficient (Wildman–Crippen LogP) is 4.05. The fourth-order valence-electron chi connectivity index (χ4n) is 2.84. The van der Waals surface area contributed by atoms with E-state index in [1.165, 1.54) is 11.3 Å². The molecular formula is C21H18N4O2S. The lowest BCUT2D eigenvalue weighted by atomic mass is 10.2. The topological polar surface area (TPSA) is 86.9 Å². The third-order valence-corrected chi connectivity index (χ3v) is 5.06. The molecular weight excluding hydrogens is 372 g/mol. The Bertz CT molecular complexity index is 1090. The predicted molar refractivity (Wildman–Crippen MR) is 111 cm³/mol. The first kappa shape index (κ1) is 17.9. The van der Waals surface area contributed by atoms with Crippen molar-refractivity contribution in [2.75, 3.05) is 11.9 Å². The van der Waals surface area contributed by atoms with Crippen LogP contribution in [-0.4, -0.2) is 28.3 Å². The number of carbonyl (C=O) groups excluding carboxylic acids is 2. The van der Waals surface area contributed by atoms with E-state index >= 15 is 0 Å². The molecule has 3 N–H and O–H groups in total. The summed E-state index contributed by atoms with van der Waals surface area (Å²) >= 11 is 1.37. The number of rotatable bonds is 6. The number of nitrogens with zero attached hydrogens (tertiary/aromatic N) is 1. The van der Waals surface area contributed by atoms with E-state index in [9.17, 15) is 9.59 Å². The van der Waals surface area contributed by atoms with Gasteiger partial charge in [0, 0.05) is 24.2 Å². The number of hydrogen-bond acceptors (Lipinski definition) is 4. The van der Waals surface area contributed by atoms with Gasteiger partial charge in [-0.2, -0.15) is 0 Å². The highest BCUT2D eigenvalue weighted by Crippen LogP contribution is 2.23. The van der Waals surface area contributed by atoms with Gasteiger partial charge in [0.15, 0.2) is 0 Å². The van der Waals surface area contributed by atoms with E-state index < -0.39 is 0 Å². The van der Waals surface area contributed by atoms with E-state index in [1.807, 2.05) is 60.0 Å². The smallest absolute Gasteiger partial charge is 0.261 e. The van der Waals surface area contributed by atoms with Gasteiger partial charge >= 0.3 is 0 Å². The van der Waals surface area contributed by atoms with Crippen molar-refractivity contribution in [3.8, 4) is 11.4 Å². The molecule has 7 heteroatoms. The first-order chi connectivity index (χ1) is 13.7. The van der Waals surface area contributed by atoms with E-state index in [1.54, 1.807) is 6.07 Å². The van der Waals surface area contributed by atoms with E-state index in [2.05, 4.69) is 20.6 Å². The van der Waals surface area contributed by atoms with E-state index in [4.69, 9.17) is 0 Å². The summed E-state index contributed by atoms with van der Waals surface area (Å²) in [6, 6.07) is 18.9. The maximum absolute atomic E-state index is 12.2. The van der Waals surface area contributed by atoms with Crippen LogP contribution in [0.2, 0.25) is 0 Å². The van der Waals surface area contributed by atoms with Crippen molar-refractivity contribution >= 4 is 39.9 Å². The van der Waals surface area contributed by atoms with Crippen molar-refractivity contribution in [1.82, 2.24) is 15.3 Å². The molecule has 2 aromatic carbocycles. The molecule has 0 aliphatic carbocycles. The lowest BCUT2D eigenvalue weighted by Gasteiger charge is -2.07. The van der Waals surface area contributed by atoms with Crippen LogP contribution in [0, 0.1) is 0 Å². The Morgan fingerprint density at radius 1 is 1.04 bits per heavy atom. The molecule has 4 rings (SSSR count). The number of aromatic amines is 1. The number of thiophene rings is 1. The van der Waals surface area contributed by atoms with E-state index in [0.717, 1.165) is 22.4 Å². The summed E-state index contributed by atoms with van der Waals surface area (Å²) in [5, 5.41) is 7.46. The lowest BCUT2D eigenvalue weighted by molar-refractivity contribution is -0.116. The maximum Gasteiger partial charge on any atom is 0.261 e. The van der Waals surface area contributed by atoms with Crippen LogP contribution in [0.3, 0.4) is 0 Å². The molecule has 2 amide bonds. The van der Waals surface area contributed by atoms with Gasteiger partial charge in [-0.15, -0.1) is 11.3 Å². The van der Waals surface area contributed by atoms with Crippen LogP contribution in [0.1, 0.15) is 16.1 Å². The molecule has 0 fully saturated rings. The highest BCUT2D eigenvalue weighted by Gasteiger charge is 2.09. The molecule has 28 heavy (non-hydrogen) atoms. The second-order valence-electron chi connectivity index (χ2n) is 6.21. The van der Waals surface area contributed by atoms with Gasteiger partial charge in [-0.25, -0.2) is 4.98 Å². The summed E-state index contributed by atoms with van der Waals surface area (Å²) in [4.78, 5) is 32.6. The zero-order valence-corrected chi connectivity index (χ0v) is 15.8. The standard InChI is InChI=1S/C21H18N4O2S/c26-19(10-11-22-21(27)18-9-4-12-28-18)23-15-6-3-5-14(13-15)20-24-16-7-1-2-8-17(16)25-20/h1-9,12-13H,10-11H2,(H,22,27)(H,23,26)(H,24,25). The molecule has 0 bridgehead atoms. The van der Waals surface area contributed by atoms with Crippen LogP contribution in [0.4, 0.5) is 5.69 Å². The van der Waals surface area contributed by atoms with Crippen molar-refractivity contribution in [3.63, 3.8) is 0 Å². The summed E-state index contributed by atoms with van der Waals surface area (Å²) in [7, 11) is 0. The van der Waals surface area contributed by atoms with Crippen molar-refractivity contribution in [2.45, 2.75) is 6.42 Å². The second kappa shape index (κ2) is 8.06. The van der Waals surface area contributed by atoms with Crippen LogP contribution >= 0.6 is 11.3 Å². The zero-order chi connectivity index (χ0) is 19.3. The van der Waals surface area contributed by atoms with Crippen LogP contribution in [-0.2, 0) is 4.79 Å².